The van der Waals surface area contributed by atoms with Crippen molar-refractivity contribution in [2.24, 2.45) is 0 Å². The number of ether oxygens (including phenoxy) is 1. The van der Waals surface area contributed by atoms with E-state index in [0.29, 0.717) is 0 Å². The van der Waals surface area contributed by atoms with E-state index in [4.69, 9.17) is 4.74 Å². The maximum absolute atomic E-state index is 6.91. The number of rotatable bonds is 21. The molecule has 0 amide bonds. The van der Waals surface area contributed by atoms with E-state index in [1.54, 1.807) is 0 Å². The summed E-state index contributed by atoms with van der Waals surface area (Å²) in [6, 6.07) is 32.2. The molecular formula is C37H52O. The molecule has 206 valence electrons. The van der Waals surface area contributed by atoms with E-state index in [0.717, 1.165) is 13.0 Å². The fourth-order valence-corrected chi connectivity index (χ4v) is 5.64. The van der Waals surface area contributed by atoms with E-state index in [1.165, 1.54) is 113 Å². The summed E-state index contributed by atoms with van der Waals surface area (Å²) in [6.07, 6.45) is 22.1. The van der Waals surface area contributed by atoms with Crippen LogP contribution in [0.5, 0.6) is 0 Å². The average Bonchev–Trinajstić information content (AvgIpc) is 2.98. The van der Waals surface area contributed by atoms with Crippen LogP contribution in [0.4, 0.5) is 0 Å². The minimum absolute atomic E-state index is 0.584. The lowest BCUT2D eigenvalue weighted by Gasteiger charge is -2.36. The van der Waals surface area contributed by atoms with Crippen LogP contribution in [0, 0.1) is 0 Å². The molecule has 0 saturated carbocycles. The smallest absolute Gasteiger partial charge is 0.143 e. The summed E-state index contributed by atoms with van der Waals surface area (Å²) in [4.78, 5) is 0. The van der Waals surface area contributed by atoms with Crippen molar-refractivity contribution in [3.8, 4) is 0 Å². The van der Waals surface area contributed by atoms with Crippen LogP contribution >= 0.6 is 0 Å². The maximum atomic E-state index is 6.91. The lowest BCUT2D eigenvalue weighted by Crippen LogP contribution is -2.33. The first-order valence-electron chi connectivity index (χ1n) is 15.7. The van der Waals surface area contributed by atoms with E-state index in [9.17, 15) is 0 Å². The van der Waals surface area contributed by atoms with Crippen LogP contribution < -0.4 is 0 Å². The predicted octanol–water partition coefficient (Wildman–Crippen LogP) is 11.3. The van der Waals surface area contributed by atoms with Crippen molar-refractivity contribution in [3.63, 3.8) is 0 Å². The quantitative estimate of drug-likeness (QED) is 0.102. The molecule has 3 rings (SSSR count). The highest BCUT2D eigenvalue weighted by molar-refractivity contribution is 5.47. The first-order valence-corrected chi connectivity index (χ1v) is 15.7. The van der Waals surface area contributed by atoms with Crippen LogP contribution in [-0.4, -0.2) is 6.61 Å². The monoisotopic (exact) mass is 512 g/mol. The van der Waals surface area contributed by atoms with E-state index in [-0.39, 0.29) is 0 Å². The van der Waals surface area contributed by atoms with Gasteiger partial charge in [0.1, 0.15) is 5.60 Å². The number of hydrogen-bond acceptors (Lipinski definition) is 1. The summed E-state index contributed by atoms with van der Waals surface area (Å²) >= 11 is 0. The molecule has 0 aliphatic heterocycles. The van der Waals surface area contributed by atoms with Gasteiger partial charge >= 0.3 is 0 Å². The molecule has 0 heterocycles. The standard InChI is InChI=1S/C37H52O/c1-2-3-4-5-6-7-8-9-10-11-12-13-14-15-16-26-33-38-37(34-27-20-17-21-28-34,35-29-22-18-23-30-35)36-31-24-19-25-32-36/h17-25,27-32H,2-16,26,33H2,1H3. The van der Waals surface area contributed by atoms with Crippen LogP contribution in [0.3, 0.4) is 0 Å². The summed E-state index contributed by atoms with van der Waals surface area (Å²) in [6.45, 7) is 3.06. The van der Waals surface area contributed by atoms with Gasteiger partial charge < -0.3 is 4.74 Å². The Hall–Kier alpha value is -2.38. The molecule has 0 spiro atoms. The van der Waals surface area contributed by atoms with Crippen LogP contribution in [0.25, 0.3) is 0 Å². The first-order chi connectivity index (χ1) is 18.9. The number of unbranched alkanes of at least 4 members (excludes halogenated alkanes) is 15. The van der Waals surface area contributed by atoms with Crippen LogP contribution in [0.1, 0.15) is 126 Å². The Morgan fingerprint density at radius 3 is 1.00 bits per heavy atom. The molecule has 1 heteroatoms. The van der Waals surface area contributed by atoms with Gasteiger partial charge in [0.15, 0.2) is 0 Å². The van der Waals surface area contributed by atoms with Crippen LogP contribution in [0.15, 0.2) is 91.0 Å². The second-order valence-electron chi connectivity index (χ2n) is 10.9. The molecule has 38 heavy (non-hydrogen) atoms. The van der Waals surface area contributed by atoms with Gasteiger partial charge in [0.25, 0.3) is 0 Å². The van der Waals surface area contributed by atoms with Crippen molar-refractivity contribution in [1.29, 1.82) is 0 Å². The molecule has 3 aromatic rings. The highest BCUT2D eigenvalue weighted by Gasteiger charge is 2.37. The minimum atomic E-state index is -0.584. The van der Waals surface area contributed by atoms with Gasteiger partial charge in [-0.25, -0.2) is 0 Å². The summed E-state index contributed by atoms with van der Waals surface area (Å²) < 4.78 is 6.91. The third kappa shape index (κ3) is 10.1. The lowest BCUT2D eigenvalue weighted by atomic mass is 9.80. The Kier molecular flexibility index (Phi) is 14.9. The Bertz CT molecular complexity index is 838. The second kappa shape index (κ2) is 18.8. The molecule has 0 unspecified atom stereocenters. The van der Waals surface area contributed by atoms with Crippen molar-refractivity contribution < 1.29 is 4.74 Å². The van der Waals surface area contributed by atoms with Gasteiger partial charge in [0.05, 0.1) is 0 Å². The van der Waals surface area contributed by atoms with Gasteiger partial charge in [-0.15, -0.1) is 0 Å². The van der Waals surface area contributed by atoms with Gasteiger partial charge in [-0.2, -0.15) is 0 Å². The minimum Gasteiger partial charge on any atom is -0.361 e. The third-order valence-corrected chi connectivity index (χ3v) is 7.86. The third-order valence-electron chi connectivity index (χ3n) is 7.86. The molecule has 3 aromatic carbocycles. The second-order valence-corrected chi connectivity index (χ2v) is 10.9. The number of benzene rings is 3. The van der Waals surface area contributed by atoms with Crippen molar-refractivity contribution in [3.05, 3.63) is 108 Å². The highest BCUT2D eigenvalue weighted by atomic mass is 16.5. The molecular weight excluding hydrogens is 460 g/mol. The van der Waals surface area contributed by atoms with Crippen LogP contribution in [-0.2, 0) is 10.3 Å². The molecule has 0 bridgehead atoms. The Labute approximate surface area is 234 Å². The fourth-order valence-electron chi connectivity index (χ4n) is 5.64. The molecule has 0 aromatic heterocycles. The van der Waals surface area contributed by atoms with Gasteiger partial charge in [-0.3, -0.25) is 0 Å². The van der Waals surface area contributed by atoms with Gasteiger partial charge in [0, 0.05) is 6.61 Å². The Balaban J connectivity index is 1.38. The maximum Gasteiger partial charge on any atom is 0.143 e. The molecule has 0 atom stereocenters. The van der Waals surface area contributed by atoms with Crippen LogP contribution in [0.2, 0.25) is 0 Å². The Morgan fingerprint density at radius 1 is 0.395 bits per heavy atom. The molecule has 0 aliphatic rings. The normalized spacial score (nSPS) is 11.6. The molecule has 0 saturated heterocycles. The fraction of sp³-hybridized carbons (Fsp3) is 0.514. The summed E-state index contributed by atoms with van der Waals surface area (Å²) in [7, 11) is 0. The summed E-state index contributed by atoms with van der Waals surface area (Å²) in [5, 5.41) is 0. The topological polar surface area (TPSA) is 9.23 Å². The highest BCUT2D eigenvalue weighted by Crippen LogP contribution is 2.40. The van der Waals surface area contributed by atoms with Crippen molar-refractivity contribution in [1.82, 2.24) is 0 Å². The zero-order valence-electron chi connectivity index (χ0n) is 24.1. The molecule has 1 nitrogen and oxygen atoms in total. The van der Waals surface area contributed by atoms with Crippen molar-refractivity contribution in [2.75, 3.05) is 6.61 Å². The van der Waals surface area contributed by atoms with Crippen molar-refractivity contribution >= 4 is 0 Å². The van der Waals surface area contributed by atoms with Crippen molar-refractivity contribution in [2.45, 2.75) is 115 Å². The molecule has 0 radical (unpaired) electrons. The summed E-state index contributed by atoms with van der Waals surface area (Å²) in [5.74, 6) is 0. The first kappa shape index (κ1) is 30.2. The molecule has 0 fully saturated rings. The van der Waals surface area contributed by atoms with E-state index in [2.05, 4.69) is 97.9 Å². The van der Waals surface area contributed by atoms with E-state index < -0.39 is 5.60 Å². The average molecular weight is 513 g/mol. The SMILES string of the molecule is CCCCCCCCCCCCCCCCCCOC(c1ccccc1)(c1ccccc1)c1ccccc1. The summed E-state index contributed by atoms with van der Waals surface area (Å²) in [5.41, 5.74) is 2.98. The molecule has 0 aliphatic carbocycles. The Morgan fingerprint density at radius 2 is 0.684 bits per heavy atom. The van der Waals surface area contributed by atoms with E-state index in [1.807, 2.05) is 0 Å². The number of hydrogen-bond donors (Lipinski definition) is 0. The zero-order valence-corrected chi connectivity index (χ0v) is 24.1. The van der Waals surface area contributed by atoms with Gasteiger partial charge in [-0.05, 0) is 23.1 Å². The zero-order chi connectivity index (χ0) is 26.6. The van der Waals surface area contributed by atoms with Gasteiger partial charge in [-0.1, -0.05) is 194 Å². The predicted molar refractivity (Wildman–Crippen MR) is 165 cm³/mol. The largest absolute Gasteiger partial charge is 0.361 e. The van der Waals surface area contributed by atoms with Gasteiger partial charge in [0.2, 0.25) is 0 Å². The van der Waals surface area contributed by atoms with E-state index >= 15 is 0 Å². The lowest BCUT2D eigenvalue weighted by molar-refractivity contribution is 0.0106. The molecule has 0 N–H and O–H groups in total.